The highest BCUT2D eigenvalue weighted by Gasteiger charge is 2.35. The van der Waals surface area contributed by atoms with E-state index in [0.29, 0.717) is 6.07 Å². The van der Waals surface area contributed by atoms with Gasteiger partial charge in [-0.15, -0.1) is 0 Å². The Balaban J connectivity index is 2.94. The number of nitrogens with zero attached hydrogens (tertiary/aromatic N) is 2. The van der Waals surface area contributed by atoms with E-state index in [0.717, 1.165) is 17.0 Å². The Bertz CT molecular complexity index is 603. The van der Waals surface area contributed by atoms with Gasteiger partial charge in [0.1, 0.15) is 5.54 Å². The fourth-order valence-electron chi connectivity index (χ4n) is 1.32. The number of carboxylic acids is 1. The average Bonchev–Trinajstić information content (AvgIpc) is 2.39. The summed E-state index contributed by atoms with van der Waals surface area (Å²) in [5.74, 6) is -2.22. The van der Waals surface area contributed by atoms with Gasteiger partial charge in [0.15, 0.2) is 5.82 Å². The van der Waals surface area contributed by atoms with Crippen molar-refractivity contribution in [3.63, 3.8) is 0 Å². The molecule has 0 saturated heterocycles. The van der Waals surface area contributed by atoms with Crippen molar-refractivity contribution in [2.24, 2.45) is 0 Å². The third-order valence-corrected chi connectivity index (χ3v) is 3.07. The van der Waals surface area contributed by atoms with Crippen LogP contribution in [0.1, 0.15) is 13.8 Å². The summed E-state index contributed by atoms with van der Waals surface area (Å²) in [6.07, 6.45) is 0. The summed E-state index contributed by atoms with van der Waals surface area (Å²) < 4.78 is 13.6. The van der Waals surface area contributed by atoms with Crippen molar-refractivity contribution in [2.75, 3.05) is 12.4 Å². The number of hydrogen-bond acceptors (Lipinski definition) is 4. The highest BCUT2D eigenvalue weighted by molar-refractivity contribution is 5.93. The molecule has 0 aliphatic carbocycles. The van der Waals surface area contributed by atoms with E-state index in [-0.39, 0.29) is 5.69 Å². The zero-order valence-electron chi connectivity index (χ0n) is 11.6. The summed E-state index contributed by atoms with van der Waals surface area (Å²) in [7, 11) is 1.24. The number of nitro benzene ring substituents is 1. The minimum atomic E-state index is -1.50. The molecule has 0 bridgehead atoms. The molecule has 0 atom stereocenters. The van der Waals surface area contributed by atoms with E-state index in [1.54, 1.807) is 0 Å². The molecule has 0 aliphatic rings. The van der Waals surface area contributed by atoms with Gasteiger partial charge in [0, 0.05) is 13.1 Å². The van der Waals surface area contributed by atoms with E-state index < -0.39 is 34.0 Å². The van der Waals surface area contributed by atoms with Crippen LogP contribution < -0.4 is 5.32 Å². The number of aliphatic carboxylic acids is 1. The third-order valence-electron chi connectivity index (χ3n) is 3.07. The molecule has 1 aromatic rings. The summed E-state index contributed by atoms with van der Waals surface area (Å²) in [5, 5.41) is 21.7. The summed E-state index contributed by atoms with van der Waals surface area (Å²) >= 11 is 0. The second-order valence-electron chi connectivity index (χ2n) is 4.77. The van der Waals surface area contributed by atoms with Gasteiger partial charge in [0.2, 0.25) is 0 Å². The Morgan fingerprint density at radius 1 is 1.43 bits per heavy atom. The number of carbonyl (C=O) groups is 2. The Morgan fingerprint density at radius 2 is 2.00 bits per heavy atom. The van der Waals surface area contributed by atoms with Gasteiger partial charge in [0.05, 0.1) is 16.7 Å². The first-order chi connectivity index (χ1) is 9.57. The number of non-ortho nitro benzene ring substituents is 1. The lowest BCUT2D eigenvalue weighted by Crippen LogP contribution is -2.52. The molecule has 0 spiro atoms. The monoisotopic (exact) mass is 299 g/mol. The van der Waals surface area contributed by atoms with Crippen molar-refractivity contribution >= 4 is 23.4 Å². The number of carboxylic acid groups (broad SMARTS) is 1. The molecule has 9 heteroatoms. The van der Waals surface area contributed by atoms with E-state index in [1.807, 2.05) is 0 Å². The zero-order chi connectivity index (χ0) is 16.4. The maximum absolute atomic E-state index is 13.6. The fourth-order valence-corrected chi connectivity index (χ4v) is 1.32. The lowest BCUT2D eigenvalue weighted by molar-refractivity contribution is -0.385. The predicted molar refractivity (Wildman–Crippen MR) is 71.6 cm³/mol. The number of halogens is 1. The third kappa shape index (κ3) is 3.44. The Kier molecular flexibility index (Phi) is 4.46. The molecule has 21 heavy (non-hydrogen) atoms. The summed E-state index contributed by atoms with van der Waals surface area (Å²) in [6.45, 7) is 2.61. The minimum Gasteiger partial charge on any atom is -0.480 e. The van der Waals surface area contributed by atoms with E-state index in [2.05, 4.69) is 5.32 Å². The molecular weight excluding hydrogens is 285 g/mol. The molecule has 0 fully saturated rings. The van der Waals surface area contributed by atoms with Crippen LogP contribution in [0, 0.1) is 15.9 Å². The van der Waals surface area contributed by atoms with Crippen LogP contribution >= 0.6 is 0 Å². The Morgan fingerprint density at radius 3 is 2.43 bits per heavy atom. The quantitative estimate of drug-likeness (QED) is 0.652. The molecule has 0 saturated carbocycles. The number of urea groups is 1. The number of amides is 2. The van der Waals surface area contributed by atoms with Crippen LogP contribution in [-0.2, 0) is 4.79 Å². The average molecular weight is 299 g/mol. The van der Waals surface area contributed by atoms with Gasteiger partial charge < -0.3 is 15.3 Å². The number of hydrogen-bond donors (Lipinski definition) is 2. The normalized spacial score (nSPS) is 10.9. The topological polar surface area (TPSA) is 113 Å². The van der Waals surface area contributed by atoms with Crippen molar-refractivity contribution in [1.82, 2.24) is 4.90 Å². The van der Waals surface area contributed by atoms with E-state index in [1.165, 1.54) is 20.9 Å². The second-order valence-corrected chi connectivity index (χ2v) is 4.77. The SMILES string of the molecule is CN(C(=O)Nc1ccc([N+](=O)[O-])cc1F)C(C)(C)C(=O)O. The first-order valence-corrected chi connectivity index (χ1v) is 5.79. The fraction of sp³-hybridized carbons (Fsp3) is 0.333. The molecule has 2 N–H and O–H groups in total. The molecule has 8 nitrogen and oxygen atoms in total. The number of anilines is 1. The lowest BCUT2D eigenvalue weighted by atomic mass is 10.1. The molecule has 0 radical (unpaired) electrons. The van der Waals surface area contributed by atoms with E-state index in [4.69, 9.17) is 5.11 Å². The maximum atomic E-state index is 13.6. The van der Waals surface area contributed by atoms with Crippen LogP contribution in [-0.4, -0.2) is 39.5 Å². The summed E-state index contributed by atoms with van der Waals surface area (Å²) in [5.41, 5.74) is -2.23. The van der Waals surface area contributed by atoms with Gasteiger partial charge in [-0.1, -0.05) is 0 Å². The van der Waals surface area contributed by atoms with Crippen LogP contribution in [0.5, 0.6) is 0 Å². The van der Waals surface area contributed by atoms with Gasteiger partial charge >= 0.3 is 12.0 Å². The second kappa shape index (κ2) is 5.73. The van der Waals surface area contributed by atoms with Gasteiger partial charge in [-0.25, -0.2) is 14.0 Å². The molecule has 1 aromatic carbocycles. The predicted octanol–water partition coefficient (Wildman–Crippen LogP) is 2.06. The first kappa shape index (κ1) is 16.3. The van der Waals surface area contributed by atoms with Gasteiger partial charge in [-0.2, -0.15) is 0 Å². The molecule has 0 aliphatic heterocycles. The van der Waals surface area contributed by atoms with Gasteiger partial charge in [0.25, 0.3) is 5.69 Å². The highest BCUT2D eigenvalue weighted by atomic mass is 19.1. The number of nitrogens with one attached hydrogen (secondary N) is 1. The van der Waals surface area contributed by atoms with E-state index in [9.17, 15) is 24.1 Å². The molecule has 1 rings (SSSR count). The van der Waals surface area contributed by atoms with Crippen LogP contribution in [0.2, 0.25) is 0 Å². The smallest absolute Gasteiger partial charge is 0.329 e. The molecule has 0 unspecified atom stereocenters. The minimum absolute atomic E-state index is 0.279. The van der Waals surface area contributed by atoms with Gasteiger partial charge in [-0.05, 0) is 19.9 Å². The lowest BCUT2D eigenvalue weighted by Gasteiger charge is -2.31. The van der Waals surface area contributed by atoms with Crippen LogP contribution in [0.3, 0.4) is 0 Å². The zero-order valence-corrected chi connectivity index (χ0v) is 11.6. The standard InChI is InChI=1S/C12H14FN3O5/c1-12(2,10(17)18)15(3)11(19)14-9-5-4-7(16(20)21)6-8(9)13/h4-6H,1-3H3,(H,14,19)(H,17,18). The number of rotatable bonds is 4. The van der Waals surface area contributed by atoms with Gasteiger partial charge in [-0.3, -0.25) is 10.1 Å². The molecule has 0 heterocycles. The number of benzene rings is 1. The number of carbonyl (C=O) groups excluding carboxylic acids is 1. The molecule has 114 valence electrons. The Labute approximate surface area is 119 Å². The van der Waals surface area contributed by atoms with Crippen molar-refractivity contribution in [3.8, 4) is 0 Å². The van der Waals surface area contributed by atoms with Crippen LogP contribution in [0.15, 0.2) is 18.2 Å². The van der Waals surface area contributed by atoms with Crippen molar-refractivity contribution in [1.29, 1.82) is 0 Å². The van der Waals surface area contributed by atoms with Crippen LogP contribution in [0.25, 0.3) is 0 Å². The molecule has 2 amide bonds. The van der Waals surface area contributed by atoms with Crippen LogP contribution in [0.4, 0.5) is 20.6 Å². The number of nitro groups is 1. The van der Waals surface area contributed by atoms with Crippen molar-refractivity contribution in [2.45, 2.75) is 19.4 Å². The maximum Gasteiger partial charge on any atom is 0.329 e. The molecular formula is C12H14FN3O5. The summed E-state index contributed by atoms with van der Waals surface area (Å²) in [6, 6.07) is 1.88. The van der Waals surface area contributed by atoms with Crippen molar-refractivity contribution in [3.05, 3.63) is 34.1 Å². The summed E-state index contributed by atoms with van der Waals surface area (Å²) in [4.78, 5) is 33.5. The van der Waals surface area contributed by atoms with Crippen molar-refractivity contribution < 1.29 is 24.0 Å². The first-order valence-electron chi connectivity index (χ1n) is 5.79. The van der Waals surface area contributed by atoms with E-state index >= 15 is 0 Å². The largest absolute Gasteiger partial charge is 0.480 e. The highest BCUT2D eigenvalue weighted by Crippen LogP contribution is 2.22. The number of likely N-dealkylation sites (N-methyl/N-ethyl adjacent to an activating group) is 1. The Hall–Kier alpha value is -2.71. The molecule has 0 aromatic heterocycles.